The molecule has 2 aliphatic heterocycles. The molecule has 1 fully saturated rings. The van der Waals surface area contributed by atoms with E-state index in [2.05, 4.69) is 33.4 Å². The predicted octanol–water partition coefficient (Wildman–Crippen LogP) is 2.51. The molecule has 0 aliphatic carbocycles. The van der Waals surface area contributed by atoms with Crippen molar-refractivity contribution < 1.29 is 4.79 Å². The maximum absolute atomic E-state index is 12.6. The van der Waals surface area contributed by atoms with Gasteiger partial charge in [0.15, 0.2) is 0 Å². The fourth-order valence-corrected chi connectivity index (χ4v) is 3.99. The summed E-state index contributed by atoms with van der Waals surface area (Å²) in [6, 6.07) is 8.13. The number of benzene rings is 1. The smallest absolute Gasteiger partial charge is 0.235 e. The van der Waals surface area contributed by atoms with E-state index < -0.39 is 0 Å². The van der Waals surface area contributed by atoms with Gasteiger partial charge in [-0.2, -0.15) is 5.10 Å². The van der Waals surface area contributed by atoms with E-state index in [1.807, 2.05) is 25.1 Å². The summed E-state index contributed by atoms with van der Waals surface area (Å²) in [5.74, 6) is 0.175. The van der Waals surface area contributed by atoms with Crippen LogP contribution in [0, 0.1) is 13.8 Å². The largest absolute Gasteiger partial charge is 0.325 e. The Morgan fingerprint density at radius 2 is 1.96 bits per heavy atom. The maximum Gasteiger partial charge on any atom is 0.235 e. The highest BCUT2D eigenvalue weighted by molar-refractivity contribution is 6.06. The number of aryl methyl sites for hydroxylation is 2. The number of anilines is 1. The molecular formula is C18H22N4O. The lowest BCUT2D eigenvalue weighted by Crippen LogP contribution is -2.46. The average Bonchev–Trinajstić information content (AvgIpc) is 3.02. The molecule has 1 saturated heterocycles. The first-order valence-corrected chi connectivity index (χ1v) is 8.24. The summed E-state index contributed by atoms with van der Waals surface area (Å²) >= 11 is 0. The fraction of sp³-hybridized carbons (Fsp3) is 0.444. The Hall–Kier alpha value is -2.14. The summed E-state index contributed by atoms with van der Waals surface area (Å²) in [4.78, 5) is 15.0. The SMILES string of the molecule is Cc1n[nH]c(C)c1CN1CCC2(CC1)C(=O)Nc1ccccc12. The lowest BCUT2D eigenvalue weighted by Gasteiger charge is -2.38. The molecule has 120 valence electrons. The first-order chi connectivity index (χ1) is 11.1. The third kappa shape index (κ3) is 2.18. The Kier molecular flexibility index (Phi) is 3.27. The van der Waals surface area contributed by atoms with Crippen LogP contribution in [0.25, 0.3) is 0 Å². The van der Waals surface area contributed by atoms with Gasteiger partial charge in [-0.25, -0.2) is 0 Å². The third-order valence-corrected chi connectivity index (χ3v) is 5.50. The van der Waals surface area contributed by atoms with Crippen molar-refractivity contribution in [2.75, 3.05) is 18.4 Å². The number of piperidine rings is 1. The summed E-state index contributed by atoms with van der Waals surface area (Å²) in [5.41, 5.74) is 5.36. The number of H-pyrrole nitrogens is 1. The zero-order valence-corrected chi connectivity index (χ0v) is 13.6. The quantitative estimate of drug-likeness (QED) is 0.896. The number of para-hydroxylation sites is 1. The molecule has 1 amide bonds. The molecule has 2 aliphatic rings. The Morgan fingerprint density at radius 1 is 1.22 bits per heavy atom. The molecule has 0 bridgehead atoms. The highest BCUT2D eigenvalue weighted by atomic mass is 16.2. The molecule has 0 radical (unpaired) electrons. The molecule has 1 spiro atoms. The molecule has 5 nitrogen and oxygen atoms in total. The summed E-state index contributed by atoms with van der Waals surface area (Å²) < 4.78 is 0. The normalized spacial score (nSPS) is 19.8. The van der Waals surface area contributed by atoms with E-state index in [0.29, 0.717) is 0 Å². The molecule has 3 heterocycles. The first kappa shape index (κ1) is 14.5. The van der Waals surface area contributed by atoms with Crippen LogP contribution in [0.4, 0.5) is 5.69 Å². The number of carbonyl (C=O) groups is 1. The molecule has 1 aromatic heterocycles. The van der Waals surface area contributed by atoms with Gasteiger partial charge >= 0.3 is 0 Å². The highest BCUT2D eigenvalue weighted by Crippen LogP contribution is 2.44. The van der Waals surface area contributed by atoms with Crippen LogP contribution in [0.1, 0.15) is 35.4 Å². The van der Waals surface area contributed by atoms with Crippen molar-refractivity contribution in [3.8, 4) is 0 Å². The Morgan fingerprint density at radius 3 is 2.65 bits per heavy atom. The summed E-state index contributed by atoms with van der Waals surface area (Å²) in [6.07, 6.45) is 1.76. The van der Waals surface area contributed by atoms with E-state index >= 15 is 0 Å². The number of hydrogen-bond acceptors (Lipinski definition) is 3. The maximum atomic E-state index is 12.6. The minimum Gasteiger partial charge on any atom is -0.325 e. The van der Waals surface area contributed by atoms with E-state index in [9.17, 15) is 4.79 Å². The van der Waals surface area contributed by atoms with Crippen molar-refractivity contribution in [1.82, 2.24) is 15.1 Å². The summed E-state index contributed by atoms with van der Waals surface area (Å²) in [6.45, 7) is 6.90. The van der Waals surface area contributed by atoms with Crippen LogP contribution in [0.3, 0.4) is 0 Å². The number of amides is 1. The van der Waals surface area contributed by atoms with Crippen LogP contribution >= 0.6 is 0 Å². The van der Waals surface area contributed by atoms with Crippen LogP contribution in [0.15, 0.2) is 24.3 Å². The second-order valence-corrected chi connectivity index (χ2v) is 6.77. The van der Waals surface area contributed by atoms with E-state index in [-0.39, 0.29) is 11.3 Å². The number of rotatable bonds is 2. The van der Waals surface area contributed by atoms with Gasteiger partial charge in [0.2, 0.25) is 5.91 Å². The standard InChI is InChI=1S/C18H22N4O/c1-12-14(13(2)21-20-12)11-22-9-7-18(8-10-22)15-5-3-4-6-16(15)19-17(18)23/h3-6H,7-11H2,1-2H3,(H,19,23)(H,20,21). The number of fused-ring (bicyclic) bond motifs is 2. The molecule has 0 atom stereocenters. The van der Waals surface area contributed by atoms with Crippen LogP contribution < -0.4 is 5.32 Å². The first-order valence-electron chi connectivity index (χ1n) is 8.24. The Balaban J connectivity index is 1.52. The number of hydrogen-bond donors (Lipinski definition) is 2. The molecule has 0 unspecified atom stereocenters. The van der Waals surface area contributed by atoms with Gasteiger partial charge in [-0.3, -0.25) is 14.8 Å². The van der Waals surface area contributed by atoms with E-state index in [0.717, 1.165) is 49.6 Å². The van der Waals surface area contributed by atoms with Crippen molar-refractivity contribution in [1.29, 1.82) is 0 Å². The number of aromatic nitrogens is 2. The van der Waals surface area contributed by atoms with Gasteiger partial charge in [0.1, 0.15) is 0 Å². The van der Waals surface area contributed by atoms with Crippen molar-refractivity contribution in [3.63, 3.8) is 0 Å². The summed E-state index contributed by atoms with van der Waals surface area (Å²) in [5, 5.41) is 10.4. The molecule has 4 rings (SSSR count). The molecule has 2 N–H and O–H groups in total. The summed E-state index contributed by atoms with van der Waals surface area (Å²) in [7, 11) is 0. The topological polar surface area (TPSA) is 61.0 Å². The van der Waals surface area contributed by atoms with Gasteiger partial charge in [-0.1, -0.05) is 18.2 Å². The third-order valence-electron chi connectivity index (χ3n) is 5.50. The number of aromatic amines is 1. The second kappa shape index (κ2) is 5.20. The number of carbonyl (C=O) groups excluding carboxylic acids is 1. The van der Waals surface area contributed by atoms with E-state index in [1.54, 1.807) is 0 Å². The number of nitrogens with zero attached hydrogens (tertiary/aromatic N) is 2. The minimum atomic E-state index is -0.326. The second-order valence-electron chi connectivity index (χ2n) is 6.77. The Bertz CT molecular complexity index is 737. The van der Waals surface area contributed by atoms with Crippen molar-refractivity contribution in [3.05, 3.63) is 46.8 Å². The molecule has 1 aromatic carbocycles. The van der Waals surface area contributed by atoms with E-state index in [1.165, 1.54) is 11.1 Å². The lowest BCUT2D eigenvalue weighted by molar-refractivity contribution is -0.122. The van der Waals surface area contributed by atoms with Crippen molar-refractivity contribution in [2.24, 2.45) is 0 Å². The van der Waals surface area contributed by atoms with Gasteiger partial charge in [0, 0.05) is 23.5 Å². The van der Waals surface area contributed by atoms with Crippen LogP contribution in [0.5, 0.6) is 0 Å². The molecular weight excluding hydrogens is 288 g/mol. The zero-order chi connectivity index (χ0) is 16.0. The minimum absolute atomic E-state index is 0.175. The predicted molar refractivity (Wildman–Crippen MR) is 89.3 cm³/mol. The molecule has 0 saturated carbocycles. The zero-order valence-electron chi connectivity index (χ0n) is 13.6. The molecule has 2 aromatic rings. The Labute approximate surface area is 136 Å². The fourth-order valence-electron chi connectivity index (χ4n) is 3.99. The lowest BCUT2D eigenvalue weighted by atomic mass is 9.73. The van der Waals surface area contributed by atoms with Crippen LogP contribution in [-0.4, -0.2) is 34.1 Å². The van der Waals surface area contributed by atoms with Gasteiger partial charge in [0.05, 0.1) is 11.1 Å². The van der Waals surface area contributed by atoms with Gasteiger partial charge in [-0.05, 0) is 51.4 Å². The van der Waals surface area contributed by atoms with Crippen LogP contribution in [0.2, 0.25) is 0 Å². The van der Waals surface area contributed by atoms with Gasteiger partial charge in [0.25, 0.3) is 0 Å². The van der Waals surface area contributed by atoms with Gasteiger partial charge < -0.3 is 5.32 Å². The van der Waals surface area contributed by atoms with Crippen molar-refractivity contribution in [2.45, 2.75) is 38.6 Å². The average molecular weight is 310 g/mol. The van der Waals surface area contributed by atoms with Crippen LogP contribution in [-0.2, 0) is 16.8 Å². The van der Waals surface area contributed by atoms with E-state index in [4.69, 9.17) is 0 Å². The van der Waals surface area contributed by atoms with Gasteiger partial charge in [-0.15, -0.1) is 0 Å². The number of likely N-dealkylation sites (tertiary alicyclic amines) is 1. The number of nitrogens with one attached hydrogen (secondary N) is 2. The molecule has 23 heavy (non-hydrogen) atoms. The molecule has 5 heteroatoms. The monoisotopic (exact) mass is 310 g/mol. The highest BCUT2D eigenvalue weighted by Gasteiger charge is 2.48. The van der Waals surface area contributed by atoms with Crippen molar-refractivity contribution >= 4 is 11.6 Å².